The third-order valence-corrected chi connectivity index (χ3v) is 3.95. The summed E-state index contributed by atoms with van der Waals surface area (Å²) in [6.07, 6.45) is 0. The van der Waals surface area contributed by atoms with Crippen molar-refractivity contribution in [2.75, 3.05) is 33.3 Å². The average molecular weight is 327 g/mol. The Morgan fingerprint density at radius 2 is 2.00 bits per heavy atom. The number of benzene rings is 1. The van der Waals surface area contributed by atoms with E-state index in [9.17, 15) is 4.79 Å². The molecular weight excluding hydrogens is 308 g/mol. The van der Waals surface area contributed by atoms with E-state index in [0.29, 0.717) is 0 Å². The number of carbonyl (C=O) groups is 1. The van der Waals surface area contributed by atoms with Crippen LogP contribution in [-0.4, -0.2) is 49.0 Å². The molecule has 0 N–H and O–H groups in total. The Kier molecular flexibility index (Phi) is 4.82. The van der Waals surface area contributed by atoms with E-state index in [1.807, 2.05) is 17.0 Å². The molecule has 0 atom stereocenters. The summed E-state index contributed by atoms with van der Waals surface area (Å²) >= 11 is 3.49. The summed E-state index contributed by atoms with van der Waals surface area (Å²) in [7, 11) is 1.69. The Labute approximate surface area is 122 Å². The molecule has 2 rings (SSSR count). The van der Waals surface area contributed by atoms with Crippen LogP contribution in [0, 0.1) is 0 Å². The molecule has 0 aliphatic carbocycles. The predicted octanol–water partition coefficient (Wildman–Crippen LogP) is 2.12. The van der Waals surface area contributed by atoms with E-state index in [1.165, 1.54) is 5.56 Å². The monoisotopic (exact) mass is 326 g/mol. The molecule has 104 valence electrons. The van der Waals surface area contributed by atoms with Crippen LogP contribution in [0.25, 0.3) is 0 Å². The number of nitrogens with zero attached hydrogens (tertiary/aromatic N) is 2. The third-order valence-electron chi connectivity index (χ3n) is 3.45. The van der Waals surface area contributed by atoms with Crippen LogP contribution in [0.1, 0.15) is 12.5 Å². The maximum absolute atomic E-state index is 11.3. The molecule has 0 unspecified atom stereocenters. The molecule has 1 amide bonds. The number of amides is 1. The van der Waals surface area contributed by atoms with Gasteiger partial charge in [0.1, 0.15) is 5.75 Å². The van der Waals surface area contributed by atoms with Crippen molar-refractivity contribution >= 4 is 21.8 Å². The number of rotatable bonds is 3. The summed E-state index contributed by atoms with van der Waals surface area (Å²) in [5.41, 5.74) is 1.17. The first kappa shape index (κ1) is 14.3. The summed E-state index contributed by atoms with van der Waals surface area (Å²) in [4.78, 5) is 15.5. The van der Waals surface area contributed by atoms with Gasteiger partial charge in [-0.1, -0.05) is 15.9 Å². The zero-order valence-electron chi connectivity index (χ0n) is 11.4. The maximum atomic E-state index is 11.3. The number of hydrogen-bond donors (Lipinski definition) is 0. The second kappa shape index (κ2) is 6.39. The molecule has 4 nitrogen and oxygen atoms in total. The van der Waals surface area contributed by atoms with Gasteiger partial charge in [0.15, 0.2) is 0 Å². The molecule has 0 aromatic heterocycles. The normalized spacial score (nSPS) is 16.5. The van der Waals surface area contributed by atoms with E-state index in [-0.39, 0.29) is 5.91 Å². The first-order valence-electron chi connectivity index (χ1n) is 6.40. The van der Waals surface area contributed by atoms with Crippen molar-refractivity contribution in [2.45, 2.75) is 13.5 Å². The van der Waals surface area contributed by atoms with Crippen molar-refractivity contribution in [3.8, 4) is 5.75 Å². The van der Waals surface area contributed by atoms with Crippen LogP contribution in [0.4, 0.5) is 0 Å². The average Bonchev–Trinajstić information content (AvgIpc) is 2.39. The van der Waals surface area contributed by atoms with Gasteiger partial charge < -0.3 is 9.64 Å². The summed E-state index contributed by atoms with van der Waals surface area (Å²) in [5, 5.41) is 0. The van der Waals surface area contributed by atoms with Crippen molar-refractivity contribution in [3.63, 3.8) is 0 Å². The Balaban J connectivity index is 1.99. The van der Waals surface area contributed by atoms with Crippen molar-refractivity contribution in [3.05, 3.63) is 28.2 Å². The van der Waals surface area contributed by atoms with Crippen LogP contribution >= 0.6 is 15.9 Å². The predicted molar refractivity (Wildman–Crippen MR) is 78.2 cm³/mol. The van der Waals surface area contributed by atoms with Gasteiger partial charge in [0.05, 0.1) is 7.11 Å². The first-order valence-corrected chi connectivity index (χ1v) is 7.19. The molecule has 1 heterocycles. The van der Waals surface area contributed by atoms with Gasteiger partial charge in [-0.3, -0.25) is 9.69 Å². The quantitative estimate of drug-likeness (QED) is 0.853. The van der Waals surface area contributed by atoms with Crippen molar-refractivity contribution in [1.82, 2.24) is 9.80 Å². The van der Waals surface area contributed by atoms with Crippen LogP contribution in [0.2, 0.25) is 0 Å². The maximum Gasteiger partial charge on any atom is 0.219 e. The molecule has 5 heteroatoms. The van der Waals surface area contributed by atoms with Gasteiger partial charge in [-0.05, 0) is 18.2 Å². The van der Waals surface area contributed by atoms with E-state index in [2.05, 4.69) is 26.9 Å². The largest absolute Gasteiger partial charge is 0.496 e. The minimum absolute atomic E-state index is 0.166. The Bertz CT molecular complexity index is 457. The summed E-state index contributed by atoms with van der Waals surface area (Å²) in [5.74, 6) is 1.08. The van der Waals surface area contributed by atoms with E-state index in [0.717, 1.165) is 42.9 Å². The van der Waals surface area contributed by atoms with Crippen LogP contribution in [0.15, 0.2) is 22.7 Å². The molecule has 0 saturated carbocycles. The van der Waals surface area contributed by atoms with Crippen LogP contribution in [0.3, 0.4) is 0 Å². The summed E-state index contributed by atoms with van der Waals surface area (Å²) in [6, 6.07) is 6.05. The molecular formula is C14H19BrN2O2. The summed E-state index contributed by atoms with van der Waals surface area (Å²) < 4.78 is 6.45. The number of methoxy groups -OCH3 is 1. The van der Waals surface area contributed by atoms with Gasteiger partial charge >= 0.3 is 0 Å². The van der Waals surface area contributed by atoms with Gasteiger partial charge in [0, 0.05) is 49.7 Å². The Hall–Kier alpha value is -1.07. The third kappa shape index (κ3) is 3.70. The highest BCUT2D eigenvalue weighted by Crippen LogP contribution is 2.24. The smallest absolute Gasteiger partial charge is 0.219 e. The van der Waals surface area contributed by atoms with E-state index >= 15 is 0 Å². The van der Waals surface area contributed by atoms with Gasteiger partial charge in [0.2, 0.25) is 5.91 Å². The summed E-state index contributed by atoms with van der Waals surface area (Å²) in [6.45, 7) is 5.93. The Morgan fingerprint density at radius 3 is 2.58 bits per heavy atom. The molecule has 1 aromatic carbocycles. The second-order valence-electron chi connectivity index (χ2n) is 4.74. The lowest BCUT2D eigenvalue weighted by Gasteiger charge is -2.34. The molecule has 1 aliphatic rings. The van der Waals surface area contributed by atoms with Crippen LogP contribution < -0.4 is 4.74 Å². The van der Waals surface area contributed by atoms with Gasteiger partial charge in [-0.15, -0.1) is 0 Å². The van der Waals surface area contributed by atoms with E-state index in [1.54, 1.807) is 14.0 Å². The van der Waals surface area contributed by atoms with Gasteiger partial charge in [-0.2, -0.15) is 0 Å². The van der Waals surface area contributed by atoms with Gasteiger partial charge in [-0.25, -0.2) is 0 Å². The molecule has 0 bridgehead atoms. The fourth-order valence-electron chi connectivity index (χ4n) is 2.33. The first-order chi connectivity index (χ1) is 9.10. The number of ether oxygens (including phenoxy) is 1. The van der Waals surface area contributed by atoms with Crippen molar-refractivity contribution in [1.29, 1.82) is 0 Å². The number of carbonyl (C=O) groups excluding carboxylic acids is 1. The zero-order valence-corrected chi connectivity index (χ0v) is 12.9. The highest BCUT2D eigenvalue weighted by molar-refractivity contribution is 9.10. The lowest BCUT2D eigenvalue weighted by molar-refractivity contribution is -0.130. The zero-order chi connectivity index (χ0) is 13.8. The van der Waals surface area contributed by atoms with Crippen LogP contribution in [0.5, 0.6) is 5.75 Å². The second-order valence-corrected chi connectivity index (χ2v) is 5.65. The molecule has 19 heavy (non-hydrogen) atoms. The van der Waals surface area contributed by atoms with Crippen LogP contribution in [-0.2, 0) is 11.3 Å². The molecule has 0 radical (unpaired) electrons. The molecule has 1 fully saturated rings. The highest BCUT2D eigenvalue weighted by Gasteiger charge is 2.19. The molecule has 1 saturated heterocycles. The number of halogens is 1. The van der Waals surface area contributed by atoms with E-state index < -0.39 is 0 Å². The minimum atomic E-state index is 0.166. The fourth-order valence-corrected chi connectivity index (χ4v) is 2.74. The van der Waals surface area contributed by atoms with Crippen molar-refractivity contribution in [2.24, 2.45) is 0 Å². The minimum Gasteiger partial charge on any atom is -0.496 e. The Morgan fingerprint density at radius 1 is 1.32 bits per heavy atom. The topological polar surface area (TPSA) is 32.8 Å². The highest BCUT2D eigenvalue weighted by atomic mass is 79.9. The lowest BCUT2D eigenvalue weighted by atomic mass is 10.1. The fraction of sp³-hybridized carbons (Fsp3) is 0.500. The number of hydrogen-bond acceptors (Lipinski definition) is 3. The molecule has 0 spiro atoms. The van der Waals surface area contributed by atoms with Crippen molar-refractivity contribution < 1.29 is 9.53 Å². The van der Waals surface area contributed by atoms with E-state index in [4.69, 9.17) is 4.74 Å². The SMILES string of the molecule is COc1ccc(Br)cc1CN1CCN(C(C)=O)CC1. The standard InChI is InChI=1S/C14H19BrN2O2/c1-11(18)17-7-5-16(6-8-17)10-12-9-13(15)3-4-14(12)19-2/h3-4,9H,5-8,10H2,1-2H3. The van der Waals surface area contributed by atoms with Gasteiger partial charge in [0.25, 0.3) is 0 Å². The molecule has 1 aromatic rings. The molecule has 1 aliphatic heterocycles. The number of piperazine rings is 1. The lowest BCUT2D eigenvalue weighted by Crippen LogP contribution is -2.47.